The largest absolute Gasteiger partial charge is 0.362 e. The van der Waals surface area contributed by atoms with Crippen molar-refractivity contribution < 1.29 is 4.39 Å². The van der Waals surface area contributed by atoms with Gasteiger partial charge in [-0.1, -0.05) is 18.2 Å². The zero-order valence-electron chi connectivity index (χ0n) is 16.3. The number of aliphatic imine (C=N–C) groups is 1. The minimum atomic E-state index is -0.174. The average Bonchev–Trinajstić information content (AvgIpc) is 3.45. The number of benzene rings is 1. The van der Waals surface area contributed by atoms with Crippen molar-refractivity contribution in [2.75, 3.05) is 32.1 Å². The normalized spacial score (nSPS) is 15.3. The highest BCUT2D eigenvalue weighted by Crippen LogP contribution is 2.47. The second kappa shape index (κ2) is 8.37. The summed E-state index contributed by atoms with van der Waals surface area (Å²) in [5, 5.41) is 6.74. The molecule has 1 fully saturated rings. The molecular formula is C21H28FN5. The third kappa shape index (κ3) is 4.76. The highest BCUT2D eigenvalue weighted by atomic mass is 19.1. The van der Waals surface area contributed by atoms with Gasteiger partial charge >= 0.3 is 0 Å². The average molecular weight is 369 g/mol. The Morgan fingerprint density at radius 1 is 1.22 bits per heavy atom. The first-order valence-electron chi connectivity index (χ1n) is 9.43. The lowest BCUT2D eigenvalue weighted by Crippen LogP contribution is -2.41. The summed E-state index contributed by atoms with van der Waals surface area (Å²) in [4.78, 5) is 11.1. The molecule has 6 heteroatoms. The van der Waals surface area contributed by atoms with Gasteiger partial charge in [-0.2, -0.15) is 0 Å². The van der Waals surface area contributed by atoms with E-state index in [1.165, 1.54) is 6.07 Å². The molecule has 1 aliphatic rings. The minimum Gasteiger partial charge on any atom is -0.362 e. The Labute approximate surface area is 160 Å². The topological polar surface area (TPSA) is 52.6 Å². The van der Waals surface area contributed by atoms with E-state index < -0.39 is 0 Å². The number of hydrogen-bond donors (Lipinski definition) is 2. The smallest absolute Gasteiger partial charge is 0.191 e. The molecule has 2 aromatic rings. The number of halogens is 1. The Kier molecular flexibility index (Phi) is 5.94. The zero-order valence-corrected chi connectivity index (χ0v) is 16.3. The molecule has 0 spiro atoms. The van der Waals surface area contributed by atoms with Crippen LogP contribution in [0.4, 0.5) is 10.2 Å². The van der Waals surface area contributed by atoms with Crippen LogP contribution in [0, 0.1) is 5.82 Å². The molecule has 0 radical (unpaired) electrons. The molecule has 5 nitrogen and oxygen atoms in total. The number of pyridine rings is 1. The first-order chi connectivity index (χ1) is 13.0. The summed E-state index contributed by atoms with van der Waals surface area (Å²) in [6, 6.07) is 10.9. The van der Waals surface area contributed by atoms with Crippen LogP contribution in [0.15, 0.2) is 47.6 Å². The predicted molar refractivity (Wildman–Crippen MR) is 109 cm³/mol. The third-order valence-electron chi connectivity index (χ3n) is 4.93. The van der Waals surface area contributed by atoms with E-state index >= 15 is 0 Å². The monoisotopic (exact) mass is 369 g/mol. The third-order valence-corrected chi connectivity index (χ3v) is 4.93. The van der Waals surface area contributed by atoms with Crippen LogP contribution >= 0.6 is 0 Å². The lowest BCUT2D eigenvalue weighted by Gasteiger charge is -2.19. The lowest BCUT2D eigenvalue weighted by atomic mass is 9.96. The molecule has 0 atom stereocenters. The van der Waals surface area contributed by atoms with Gasteiger partial charge in [0.2, 0.25) is 0 Å². The van der Waals surface area contributed by atoms with Crippen LogP contribution in [-0.4, -0.2) is 38.1 Å². The number of guanidine groups is 1. The van der Waals surface area contributed by atoms with E-state index in [0.29, 0.717) is 6.54 Å². The minimum absolute atomic E-state index is 0.0153. The summed E-state index contributed by atoms with van der Waals surface area (Å²) >= 11 is 0. The highest BCUT2D eigenvalue weighted by molar-refractivity contribution is 5.80. The standard InChI is InChI=1S/C21H28FN5/c1-4-23-20(25-14-16-7-6-12-24-19(16)27(2)3)26-15-21(10-11-21)17-8-5-9-18(22)13-17/h5-9,12-13H,4,10-11,14-15H2,1-3H3,(H2,23,25,26). The summed E-state index contributed by atoms with van der Waals surface area (Å²) in [6.45, 7) is 4.12. The fourth-order valence-electron chi connectivity index (χ4n) is 3.25. The maximum absolute atomic E-state index is 13.6. The van der Waals surface area contributed by atoms with Gasteiger partial charge in [0, 0.05) is 44.4 Å². The van der Waals surface area contributed by atoms with Crippen molar-refractivity contribution in [3.63, 3.8) is 0 Å². The Bertz CT molecular complexity index is 799. The van der Waals surface area contributed by atoms with E-state index in [4.69, 9.17) is 4.99 Å². The van der Waals surface area contributed by atoms with Crippen molar-refractivity contribution in [1.82, 2.24) is 15.6 Å². The molecule has 0 unspecified atom stereocenters. The Morgan fingerprint density at radius 3 is 2.70 bits per heavy atom. The fraction of sp³-hybridized carbons (Fsp3) is 0.429. The quantitative estimate of drug-likeness (QED) is 0.582. The Morgan fingerprint density at radius 2 is 2.04 bits per heavy atom. The van der Waals surface area contributed by atoms with Crippen LogP contribution in [0.25, 0.3) is 0 Å². The van der Waals surface area contributed by atoms with Crippen molar-refractivity contribution in [1.29, 1.82) is 0 Å². The fourth-order valence-corrected chi connectivity index (χ4v) is 3.25. The molecule has 144 valence electrons. The van der Waals surface area contributed by atoms with Gasteiger partial charge in [0.15, 0.2) is 5.96 Å². The summed E-state index contributed by atoms with van der Waals surface area (Å²) in [7, 11) is 3.96. The van der Waals surface area contributed by atoms with Gasteiger partial charge < -0.3 is 15.5 Å². The number of anilines is 1. The molecule has 1 aromatic carbocycles. The highest BCUT2D eigenvalue weighted by Gasteiger charge is 2.44. The summed E-state index contributed by atoms with van der Waals surface area (Å²) in [5.74, 6) is 1.52. The van der Waals surface area contributed by atoms with Crippen molar-refractivity contribution in [2.45, 2.75) is 31.7 Å². The van der Waals surface area contributed by atoms with E-state index in [-0.39, 0.29) is 11.2 Å². The van der Waals surface area contributed by atoms with Crippen LogP contribution < -0.4 is 15.5 Å². The molecule has 2 N–H and O–H groups in total. The van der Waals surface area contributed by atoms with E-state index in [9.17, 15) is 4.39 Å². The van der Waals surface area contributed by atoms with Crippen LogP contribution in [0.1, 0.15) is 30.9 Å². The molecular weight excluding hydrogens is 341 g/mol. The number of aromatic nitrogens is 1. The second-order valence-electron chi connectivity index (χ2n) is 7.22. The molecule has 27 heavy (non-hydrogen) atoms. The summed E-state index contributed by atoms with van der Waals surface area (Å²) in [5.41, 5.74) is 2.15. The first kappa shape index (κ1) is 19.1. The molecule has 3 rings (SSSR count). The Balaban J connectivity index is 1.69. The molecule has 1 aromatic heterocycles. The van der Waals surface area contributed by atoms with Crippen molar-refractivity contribution >= 4 is 11.8 Å². The SMILES string of the molecule is CCNC(=NCc1cccnc1N(C)C)NCC1(c2cccc(F)c2)CC1. The van der Waals surface area contributed by atoms with Crippen LogP contribution in [0.5, 0.6) is 0 Å². The van der Waals surface area contributed by atoms with Crippen molar-refractivity contribution in [3.05, 3.63) is 59.5 Å². The molecule has 0 amide bonds. The van der Waals surface area contributed by atoms with Gasteiger partial charge in [-0.25, -0.2) is 14.4 Å². The van der Waals surface area contributed by atoms with Crippen LogP contribution in [0.3, 0.4) is 0 Å². The van der Waals surface area contributed by atoms with Gasteiger partial charge in [0.25, 0.3) is 0 Å². The van der Waals surface area contributed by atoms with E-state index in [1.54, 1.807) is 18.3 Å². The number of rotatable bonds is 7. The predicted octanol–water partition coefficient (Wildman–Crippen LogP) is 3.07. The summed E-state index contributed by atoms with van der Waals surface area (Å²) in [6.07, 6.45) is 3.92. The van der Waals surface area contributed by atoms with Crippen molar-refractivity contribution in [2.24, 2.45) is 4.99 Å². The van der Waals surface area contributed by atoms with Crippen LogP contribution in [0.2, 0.25) is 0 Å². The molecule has 1 heterocycles. The van der Waals surface area contributed by atoms with Gasteiger partial charge in [-0.15, -0.1) is 0 Å². The van der Waals surface area contributed by atoms with Gasteiger partial charge in [0.05, 0.1) is 6.54 Å². The van der Waals surface area contributed by atoms with Gasteiger partial charge in [-0.3, -0.25) is 0 Å². The number of nitrogens with zero attached hydrogens (tertiary/aromatic N) is 3. The second-order valence-corrected chi connectivity index (χ2v) is 7.22. The lowest BCUT2D eigenvalue weighted by molar-refractivity contribution is 0.607. The molecule has 1 aliphatic carbocycles. The van der Waals surface area contributed by atoms with Crippen molar-refractivity contribution in [3.8, 4) is 0 Å². The number of hydrogen-bond acceptors (Lipinski definition) is 3. The van der Waals surface area contributed by atoms with Gasteiger partial charge in [0.1, 0.15) is 11.6 Å². The molecule has 0 bridgehead atoms. The van der Waals surface area contributed by atoms with Crippen LogP contribution in [-0.2, 0) is 12.0 Å². The van der Waals surface area contributed by atoms with E-state index in [2.05, 4.69) is 15.6 Å². The van der Waals surface area contributed by atoms with E-state index in [0.717, 1.165) is 48.8 Å². The van der Waals surface area contributed by atoms with E-state index in [1.807, 2.05) is 44.1 Å². The number of nitrogens with one attached hydrogen (secondary N) is 2. The van der Waals surface area contributed by atoms with Gasteiger partial charge in [-0.05, 0) is 43.5 Å². The molecule has 1 saturated carbocycles. The molecule has 0 aliphatic heterocycles. The maximum atomic E-state index is 13.6. The Hall–Kier alpha value is -2.63. The maximum Gasteiger partial charge on any atom is 0.191 e. The summed E-state index contributed by atoms with van der Waals surface area (Å²) < 4.78 is 13.6. The first-order valence-corrected chi connectivity index (χ1v) is 9.43. The molecule has 0 saturated heterocycles. The zero-order chi connectivity index (χ0) is 19.3.